The van der Waals surface area contributed by atoms with Crippen LogP contribution >= 0.6 is 0 Å². The van der Waals surface area contributed by atoms with Crippen LogP contribution in [0.4, 0.5) is 5.69 Å². The lowest BCUT2D eigenvalue weighted by Gasteiger charge is -2.49. The molecule has 1 aromatic rings. The van der Waals surface area contributed by atoms with Crippen LogP contribution in [0.5, 0.6) is 0 Å². The van der Waals surface area contributed by atoms with E-state index in [0.29, 0.717) is 16.9 Å². The molecule has 2 unspecified atom stereocenters. The summed E-state index contributed by atoms with van der Waals surface area (Å²) in [7, 11) is -3.47. The zero-order valence-electron chi connectivity index (χ0n) is 9.20. The Bertz CT molecular complexity index is 636. The Morgan fingerprint density at radius 1 is 1.24 bits per heavy atom. The second-order valence-corrected chi connectivity index (χ2v) is 6.44. The summed E-state index contributed by atoms with van der Waals surface area (Å²) in [5.74, 6) is 1.14. The summed E-state index contributed by atoms with van der Waals surface area (Å²) in [5, 5.41) is 0. The highest BCUT2D eigenvalue weighted by Crippen LogP contribution is 2.48. The molecule has 0 aromatic heterocycles. The highest BCUT2D eigenvalue weighted by atomic mass is 32.2. The van der Waals surface area contributed by atoms with Gasteiger partial charge in [-0.25, -0.2) is 0 Å². The molecule has 0 radical (unpaired) electrons. The van der Waals surface area contributed by atoms with Crippen molar-refractivity contribution in [3.8, 4) is 0 Å². The van der Waals surface area contributed by atoms with E-state index in [1.165, 1.54) is 6.42 Å². The topological polar surface area (TPSA) is 49.7 Å². The van der Waals surface area contributed by atoms with Gasteiger partial charge in [0.1, 0.15) is 10.7 Å². The summed E-state index contributed by atoms with van der Waals surface area (Å²) in [6, 6.07) is 7.65. The summed E-state index contributed by atoms with van der Waals surface area (Å²) in [5.41, 5.74) is 0.820. The summed E-state index contributed by atoms with van der Waals surface area (Å²) in [6.07, 6.45) is 3.41. The number of fused-ring (bicyclic) bond motifs is 6. The molecular weight excluding hydrogens is 236 g/mol. The van der Waals surface area contributed by atoms with Crippen LogP contribution in [0.2, 0.25) is 0 Å². The van der Waals surface area contributed by atoms with Gasteiger partial charge in [0.2, 0.25) is 0 Å². The molecule has 0 amide bonds. The molecule has 1 aromatic carbocycles. The first-order valence-corrected chi connectivity index (χ1v) is 7.35. The lowest BCUT2D eigenvalue weighted by atomic mass is 9.89. The average molecular weight is 248 g/mol. The van der Waals surface area contributed by atoms with Crippen LogP contribution in [0.1, 0.15) is 19.3 Å². The van der Waals surface area contributed by atoms with Gasteiger partial charge in [-0.2, -0.15) is 8.42 Å². The molecule has 0 N–H and O–H groups in total. The molecule has 3 aliphatic rings. The number of sulfonamides is 1. The molecule has 1 saturated heterocycles. The Morgan fingerprint density at radius 3 is 2.94 bits per heavy atom. The first-order valence-electron chi connectivity index (χ1n) is 5.91. The van der Waals surface area contributed by atoms with Crippen LogP contribution in [0.25, 0.3) is 0 Å². The second-order valence-electron chi connectivity index (χ2n) is 4.87. The Morgan fingerprint density at radius 2 is 2.06 bits per heavy atom. The molecule has 4 nitrogen and oxygen atoms in total. The quantitative estimate of drug-likeness (QED) is 0.703. The number of para-hydroxylation sites is 1. The SMILES string of the molecule is O=S1(=O)N=C2C3CCCC3N2c2ccccc21. The maximum Gasteiger partial charge on any atom is 0.286 e. The molecule has 88 valence electrons. The van der Waals surface area contributed by atoms with E-state index in [2.05, 4.69) is 9.30 Å². The Balaban J connectivity index is 1.97. The fraction of sp³-hybridized carbons (Fsp3) is 0.417. The molecule has 2 heterocycles. The largest absolute Gasteiger partial charge is 0.324 e. The third kappa shape index (κ3) is 1.08. The molecular formula is C12H12N2O2S. The number of benzene rings is 1. The van der Waals surface area contributed by atoms with Crippen LogP contribution in [0.3, 0.4) is 0 Å². The first kappa shape index (κ1) is 9.65. The van der Waals surface area contributed by atoms with E-state index in [0.717, 1.165) is 24.4 Å². The minimum absolute atomic E-state index is 0.356. The molecule has 2 aliphatic heterocycles. The van der Waals surface area contributed by atoms with Gasteiger partial charge in [0, 0.05) is 12.0 Å². The fourth-order valence-corrected chi connectivity index (χ4v) is 4.53. The number of nitrogens with zero attached hydrogens (tertiary/aromatic N) is 2. The highest BCUT2D eigenvalue weighted by Gasteiger charge is 2.52. The van der Waals surface area contributed by atoms with Crippen LogP contribution < -0.4 is 4.90 Å². The van der Waals surface area contributed by atoms with Crippen molar-refractivity contribution in [2.75, 3.05) is 4.90 Å². The van der Waals surface area contributed by atoms with Crippen molar-refractivity contribution >= 4 is 21.5 Å². The zero-order valence-corrected chi connectivity index (χ0v) is 10.0. The maximum atomic E-state index is 12.0. The van der Waals surface area contributed by atoms with Gasteiger partial charge in [0.25, 0.3) is 10.0 Å². The van der Waals surface area contributed by atoms with E-state index < -0.39 is 10.0 Å². The van der Waals surface area contributed by atoms with Crippen LogP contribution in [-0.4, -0.2) is 20.3 Å². The standard InChI is InChI=1S/C12H12N2O2S/c15-17(16)11-7-2-1-5-10(11)14-9-6-3-4-8(9)12(14)13-17/h1-2,5,7-9H,3-4,6H2. The van der Waals surface area contributed by atoms with Gasteiger partial charge in [-0.1, -0.05) is 18.6 Å². The van der Waals surface area contributed by atoms with E-state index in [9.17, 15) is 8.42 Å². The summed E-state index contributed by atoms with van der Waals surface area (Å²) >= 11 is 0. The van der Waals surface area contributed by atoms with Crippen molar-refractivity contribution in [2.45, 2.75) is 30.2 Å². The van der Waals surface area contributed by atoms with Gasteiger partial charge in [-0.3, -0.25) is 0 Å². The molecule has 5 heteroatoms. The molecule has 4 rings (SSSR count). The molecule has 2 atom stereocenters. The zero-order chi connectivity index (χ0) is 11.6. The molecule has 1 saturated carbocycles. The second kappa shape index (κ2) is 2.90. The van der Waals surface area contributed by atoms with Crippen molar-refractivity contribution in [3.05, 3.63) is 24.3 Å². The summed E-state index contributed by atoms with van der Waals surface area (Å²) < 4.78 is 28.1. The molecule has 17 heavy (non-hydrogen) atoms. The minimum atomic E-state index is -3.47. The summed E-state index contributed by atoms with van der Waals surface area (Å²) in [6.45, 7) is 0. The van der Waals surface area contributed by atoms with Crippen LogP contribution in [0, 0.1) is 5.92 Å². The van der Waals surface area contributed by atoms with Gasteiger partial charge < -0.3 is 4.90 Å². The number of hydrogen-bond donors (Lipinski definition) is 0. The number of rotatable bonds is 0. The Hall–Kier alpha value is -1.36. The highest BCUT2D eigenvalue weighted by molar-refractivity contribution is 7.90. The van der Waals surface area contributed by atoms with Gasteiger partial charge in [-0.05, 0) is 25.0 Å². The van der Waals surface area contributed by atoms with Gasteiger partial charge in [-0.15, -0.1) is 4.40 Å². The minimum Gasteiger partial charge on any atom is -0.324 e. The van der Waals surface area contributed by atoms with E-state index in [1.807, 2.05) is 12.1 Å². The smallest absolute Gasteiger partial charge is 0.286 e. The Kier molecular flexibility index (Phi) is 1.65. The normalized spacial score (nSPS) is 32.0. The van der Waals surface area contributed by atoms with Crippen molar-refractivity contribution in [3.63, 3.8) is 0 Å². The molecule has 2 fully saturated rings. The van der Waals surface area contributed by atoms with Gasteiger partial charge in [0.05, 0.1) is 5.69 Å². The van der Waals surface area contributed by atoms with E-state index in [4.69, 9.17) is 0 Å². The number of amidine groups is 1. The van der Waals surface area contributed by atoms with E-state index in [-0.39, 0.29) is 0 Å². The fourth-order valence-electron chi connectivity index (χ4n) is 3.28. The summed E-state index contributed by atoms with van der Waals surface area (Å²) in [4.78, 5) is 2.47. The van der Waals surface area contributed by atoms with Crippen molar-refractivity contribution in [2.24, 2.45) is 10.3 Å². The molecule has 0 bridgehead atoms. The van der Waals surface area contributed by atoms with E-state index in [1.54, 1.807) is 12.1 Å². The van der Waals surface area contributed by atoms with E-state index >= 15 is 0 Å². The number of hydrogen-bond acceptors (Lipinski definition) is 3. The van der Waals surface area contributed by atoms with Crippen LogP contribution in [-0.2, 0) is 10.0 Å². The lowest BCUT2D eigenvalue weighted by molar-refractivity contribution is 0.509. The van der Waals surface area contributed by atoms with Gasteiger partial charge >= 0.3 is 0 Å². The lowest BCUT2D eigenvalue weighted by Crippen LogP contribution is -2.60. The predicted octanol–water partition coefficient (Wildman–Crippen LogP) is 1.78. The first-order chi connectivity index (χ1) is 8.18. The van der Waals surface area contributed by atoms with Crippen molar-refractivity contribution < 1.29 is 8.42 Å². The number of anilines is 1. The van der Waals surface area contributed by atoms with Crippen molar-refractivity contribution in [1.82, 2.24) is 0 Å². The molecule has 1 aliphatic carbocycles. The third-order valence-electron chi connectivity index (χ3n) is 4.01. The predicted molar refractivity (Wildman–Crippen MR) is 64.7 cm³/mol. The average Bonchev–Trinajstić information content (AvgIpc) is 2.71. The maximum absolute atomic E-state index is 12.0. The molecule has 0 spiro atoms. The van der Waals surface area contributed by atoms with Gasteiger partial charge in [0.15, 0.2) is 0 Å². The Labute approximate surface area is 100 Å². The van der Waals surface area contributed by atoms with Crippen molar-refractivity contribution in [1.29, 1.82) is 0 Å². The monoisotopic (exact) mass is 248 g/mol. The third-order valence-corrected chi connectivity index (χ3v) is 5.33. The van der Waals surface area contributed by atoms with Crippen LogP contribution in [0.15, 0.2) is 33.6 Å².